The number of hydrogen-bond donors (Lipinski definition) is 0. The molecule has 0 aromatic carbocycles. The van der Waals surface area contributed by atoms with Crippen LogP contribution in [0, 0.1) is 11.3 Å². The standard InChI is InChI=1S/C12H14BrN/c1-12(2)8-3-7-4-11(13)14-6-9(7)10(12)5-8/h4,6,8,10H,3,5H2,1-2H3/t8-,10-/m0/s1. The summed E-state index contributed by atoms with van der Waals surface area (Å²) in [6.45, 7) is 4.80. The van der Waals surface area contributed by atoms with Crippen LogP contribution in [0.5, 0.6) is 0 Å². The van der Waals surface area contributed by atoms with Crippen molar-refractivity contribution in [1.29, 1.82) is 0 Å². The molecule has 0 saturated heterocycles. The topological polar surface area (TPSA) is 12.9 Å². The van der Waals surface area contributed by atoms with Crippen molar-refractivity contribution in [1.82, 2.24) is 4.98 Å². The van der Waals surface area contributed by atoms with Gasteiger partial charge in [0.05, 0.1) is 0 Å². The largest absolute Gasteiger partial charge is 0.249 e. The molecule has 0 aliphatic heterocycles. The third-order valence-corrected chi connectivity index (χ3v) is 4.74. The van der Waals surface area contributed by atoms with Crippen molar-refractivity contribution in [3.8, 4) is 0 Å². The predicted octanol–water partition coefficient (Wildman–Crippen LogP) is 3.53. The highest BCUT2D eigenvalue weighted by Gasteiger charge is 2.52. The van der Waals surface area contributed by atoms with Gasteiger partial charge in [-0.15, -0.1) is 0 Å². The number of rotatable bonds is 0. The molecule has 1 aromatic heterocycles. The molecular formula is C12H14BrN. The Labute approximate surface area is 93.1 Å². The maximum absolute atomic E-state index is 4.35. The zero-order chi connectivity index (χ0) is 9.92. The van der Waals surface area contributed by atoms with Crippen LogP contribution in [-0.4, -0.2) is 4.98 Å². The van der Waals surface area contributed by atoms with Gasteiger partial charge in [-0.3, -0.25) is 0 Å². The van der Waals surface area contributed by atoms with Gasteiger partial charge in [0.15, 0.2) is 0 Å². The van der Waals surface area contributed by atoms with Gasteiger partial charge in [-0.05, 0) is 63.2 Å². The molecule has 74 valence electrons. The predicted molar refractivity (Wildman–Crippen MR) is 60.3 cm³/mol. The van der Waals surface area contributed by atoms with Crippen LogP contribution in [0.15, 0.2) is 16.9 Å². The molecule has 0 amide bonds. The first-order valence-electron chi connectivity index (χ1n) is 5.23. The summed E-state index contributed by atoms with van der Waals surface area (Å²) in [7, 11) is 0. The SMILES string of the molecule is CC1(C)[C@H]2Cc3cc(Br)ncc3[C@@H]1C2. The maximum atomic E-state index is 4.35. The lowest BCUT2D eigenvalue weighted by Crippen LogP contribution is -2.48. The smallest absolute Gasteiger partial charge is 0.106 e. The summed E-state index contributed by atoms with van der Waals surface area (Å²) in [6.07, 6.45) is 4.70. The average molecular weight is 252 g/mol. The fourth-order valence-electron chi connectivity index (χ4n) is 3.12. The van der Waals surface area contributed by atoms with Gasteiger partial charge in [0, 0.05) is 6.20 Å². The molecular weight excluding hydrogens is 238 g/mol. The minimum absolute atomic E-state index is 0.516. The van der Waals surface area contributed by atoms with Crippen molar-refractivity contribution < 1.29 is 0 Å². The van der Waals surface area contributed by atoms with Crippen molar-refractivity contribution in [3.05, 3.63) is 28.0 Å². The van der Waals surface area contributed by atoms with Crippen molar-refractivity contribution in [2.75, 3.05) is 0 Å². The van der Waals surface area contributed by atoms with Crippen LogP contribution in [0.1, 0.15) is 37.3 Å². The second kappa shape index (κ2) is 2.60. The average Bonchev–Trinajstić information content (AvgIpc) is 2.16. The van der Waals surface area contributed by atoms with E-state index in [1.54, 1.807) is 0 Å². The third kappa shape index (κ3) is 0.979. The molecule has 1 heterocycles. The quantitative estimate of drug-likeness (QED) is 0.643. The van der Waals surface area contributed by atoms with E-state index < -0.39 is 0 Å². The molecule has 3 aliphatic rings. The van der Waals surface area contributed by atoms with Crippen LogP contribution in [0.4, 0.5) is 0 Å². The Morgan fingerprint density at radius 1 is 1.50 bits per heavy atom. The van der Waals surface area contributed by atoms with Crippen molar-refractivity contribution in [3.63, 3.8) is 0 Å². The van der Waals surface area contributed by atoms with Gasteiger partial charge in [0.2, 0.25) is 0 Å². The molecule has 0 radical (unpaired) electrons. The molecule has 1 fully saturated rings. The summed E-state index contributed by atoms with van der Waals surface area (Å²) in [5.41, 5.74) is 3.54. The lowest BCUT2D eigenvalue weighted by Gasteiger charge is -2.57. The van der Waals surface area contributed by atoms with Gasteiger partial charge in [0.1, 0.15) is 4.60 Å². The zero-order valence-corrected chi connectivity index (χ0v) is 10.1. The minimum atomic E-state index is 0.516. The Kier molecular flexibility index (Phi) is 1.65. The van der Waals surface area contributed by atoms with E-state index in [0.29, 0.717) is 5.41 Å². The summed E-state index contributed by atoms with van der Waals surface area (Å²) >= 11 is 3.44. The van der Waals surface area contributed by atoms with E-state index in [0.717, 1.165) is 16.4 Å². The van der Waals surface area contributed by atoms with E-state index >= 15 is 0 Å². The Hall–Kier alpha value is -0.370. The molecule has 3 aliphatic carbocycles. The summed E-state index contributed by atoms with van der Waals surface area (Å²) in [5, 5.41) is 0. The molecule has 1 nitrogen and oxygen atoms in total. The Morgan fingerprint density at radius 2 is 2.29 bits per heavy atom. The number of halogens is 1. The van der Waals surface area contributed by atoms with Crippen LogP contribution in [0.25, 0.3) is 0 Å². The van der Waals surface area contributed by atoms with E-state index in [4.69, 9.17) is 0 Å². The van der Waals surface area contributed by atoms with Gasteiger partial charge in [-0.2, -0.15) is 0 Å². The van der Waals surface area contributed by atoms with E-state index in [1.165, 1.54) is 24.0 Å². The number of pyridine rings is 1. The van der Waals surface area contributed by atoms with Crippen LogP contribution < -0.4 is 0 Å². The fourth-order valence-corrected chi connectivity index (χ4v) is 3.50. The highest BCUT2D eigenvalue weighted by Crippen LogP contribution is 2.61. The summed E-state index contributed by atoms with van der Waals surface area (Å²) in [6, 6.07) is 2.20. The third-order valence-electron chi connectivity index (χ3n) is 4.30. The Bertz CT molecular complexity index is 397. The molecule has 0 unspecified atom stereocenters. The molecule has 2 heteroatoms. The molecule has 1 aromatic rings. The first kappa shape index (κ1) is 8.90. The van der Waals surface area contributed by atoms with Gasteiger partial charge in [0.25, 0.3) is 0 Å². The van der Waals surface area contributed by atoms with E-state index in [9.17, 15) is 0 Å². The monoisotopic (exact) mass is 251 g/mol. The van der Waals surface area contributed by atoms with Crippen molar-refractivity contribution in [2.24, 2.45) is 11.3 Å². The van der Waals surface area contributed by atoms with Gasteiger partial charge in [-0.25, -0.2) is 4.98 Å². The molecule has 2 bridgehead atoms. The van der Waals surface area contributed by atoms with Crippen molar-refractivity contribution >= 4 is 15.9 Å². The molecule has 1 saturated carbocycles. The van der Waals surface area contributed by atoms with E-state index in [1.807, 2.05) is 0 Å². The molecule has 0 N–H and O–H groups in total. The number of aromatic nitrogens is 1. The molecule has 4 rings (SSSR count). The fraction of sp³-hybridized carbons (Fsp3) is 0.583. The summed E-state index contributed by atoms with van der Waals surface area (Å²) in [5.74, 6) is 1.66. The Morgan fingerprint density at radius 3 is 3.00 bits per heavy atom. The van der Waals surface area contributed by atoms with Gasteiger partial charge in [-0.1, -0.05) is 13.8 Å². The van der Waals surface area contributed by atoms with Crippen molar-refractivity contribution in [2.45, 2.75) is 32.6 Å². The first-order chi connectivity index (χ1) is 6.59. The van der Waals surface area contributed by atoms with Gasteiger partial charge >= 0.3 is 0 Å². The molecule has 2 atom stereocenters. The van der Waals surface area contributed by atoms with Crippen LogP contribution in [-0.2, 0) is 6.42 Å². The summed E-state index contributed by atoms with van der Waals surface area (Å²) < 4.78 is 0.982. The highest BCUT2D eigenvalue weighted by molar-refractivity contribution is 9.10. The zero-order valence-electron chi connectivity index (χ0n) is 8.55. The lowest BCUT2D eigenvalue weighted by atomic mass is 9.48. The second-order valence-electron chi connectivity index (χ2n) is 5.22. The number of nitrogens with zero attached hydrogens (tertiary/aromatic N) is 1. The normalized spacial score (nSPS) is 31.9. The number of hydrogen-bond acceptors (Lipinski definition) is 1. The molecule has 14 heavy (non-hydrogen) atoms. The summed E-state index contributed by atoms with van der Waals surface area (Å²) in [4.78, 5) is 4.35. The van der Waals surface area contributed by atoms with E-state index in [2.05, 4.69) is 47.0 Å². The maximum Gasteiger partial charge on any atom is 0.106 e. The highest BCUT2D eigenvalue weighted by atomic mass is 79.9. The Balaban J connectivity index is 2.11. The first-order valence-corrected chi connectivity index (χ1v) is 6.02. The second-order valence-corrected chi connectivity index (χ2v) is 6.03. The van der Waals surface area contributed by atoms with E-state index in [-0.39, 0.29) is 0 Å². The molecule has 0 spiro atoms. The van der Waals surface area contributed by atoms with Crippen LogP contribution in [0.3, 0.4) is 0 Å². The van der Waals surface area contributed by atoms with Crippen LogP contribution >= 0.6 is 15.9 Å². The van der Waals surface area contributed by atoms with Crippen LogP contribution in [0.2, 0.25) is 0 Å². The lowest BCUT2D eigenvalue weighted by molar-refractivity contribution is 0.0182. The minimum Gasteiger partial charge on any atom is -0.249 e. The van der Waals surface area contributed by atoms with Gasteiger partial charge < -0.3 is 0 Å².